The molecule has 2 N–H and O–H groups in total. The molecule has 0 spiro atoms. The summed E-state index contributed by atoms with van der Waals surface area (Å²) in [7, 11) is 0. The Balaban J connectivity index is 1.26. The van der Waals surface area contributed by atoms with E-state index in [0.29, 0.717) is 12.2 Å². The molecule has 4 rings (SSSR count). The van der Waals surface area contributed by atoms with Gasteiger partial charge in [-0.25, -0.2) is 0 Å². The smallest absolute Gasteiger partial charge is 0.270 e. The van der Waals surface area contributed by atoms with E-state index in [1.54, 1.807) is 24.4 Å². The number of amides is 1. The molecule has 2 aromatic heterocycles. The number of aromatic nitrogens is 4. The van der Waals surface area contributed by atoms with E-state index >= 15 is 0 Å². The topological polar surface area (TPSA) is 102 Å². The summed E-state index contributed by atoms with van der Waals surface area (Å²) in [4.78, 5) is 16.4. The first-order valence-electron chi connectivity index (χ1n) is 10.6. The number of ether oxygens (including phenoxy) is 1. The predicted octanol–water partition coefficient (Wildman–Crippen LogP) is 1.99. The molecule has 0 bridgehead atoms. The van der Waals surface area contributed by atoms with Gasteiger partial charge in [-0.1, -0.05) is 41.6 Å². The molecule has 1 fully saturated rings. The third-order valence-electron chi connectivity index (χ3n) is 5.50. The lowest BCUT2D eigenvalue weighted by Crippen LogP contribution is -2.51. The van der Waals surface area contributed by atoms with Crippen molar-refractivity contribution in [3.8, 4) is 0 Å². The van der Waals surface area contributed by atoms with Crippen LogP contribution in [0.3, 0.4) is 0 Å². The first-order valence-corrected chi connectivity index (χ1v) is 10.6. The Morgan fingerprint density at radius 2 is 2.00 bits per heavy atom. The van der Waals surface area contributed by atoms with E-state index in [9.17, 15) is 9.90 Å². The summed E-state index contributed by atoms with van der Waals surface area (Å²) < 4.78 is 7.90. The molecule has 1 amide bonds. The normalized spacial score (nSPS) is 21.0. The third kappa shape index (κ3) is 5.74. The van der Waals surface area contributed by atoms with Crippen LogP contribution in [0.25, 0.3) is 0 Å². The molecule has 162 valence electrons. The van der Waals surface area contributed by atoms with Crippen molar-refractivity contribution in [2.45, 2.75) is 50.5 Å². The van der Waals surface area contributed by atoms with Gasteiger partial charge in [-0.3, -0.25) is 14.5 Å². The van der Waals surface area contributed by atoms with Crippen LogP contribution in [0.15, 0.2) is 60.9 Å². The van der Waals surface area contributed by atoms with Gasteiger partial charge in [0, 0.05) is 25.4 Å². The Bertz CT molecular complexity index is 964. The van der Waals surface area contributed by atoms with E-state index in [4.69, 9.17) is 4.74 Å². The van der Waals surface area contributed by atoms with Crippen LogP contribution in [0.5, 0.6) is 0 Å². The highest BCUT2D eigenvalue weighted by Gasteiger charge is 2.32. The lowest BCUT2D eigenvalue weighted by Gasteiger charge is -2.36. The molecule has 0 aliphatic carbocycles. The van der Waals surface area contributed by atoms with Gasteiger partial charge in [-0.2, -0.15) is 0 Å². The minimum Gasteiger partial charge on any atom is -0.394 e. The molecule has 0 radical (unpaired) electrons. The van der Waals surface area contributed by atoms with Gasteiger partial charge in [0.2, 0.25) is 0 Å². The zero-order valence-corrected chi connectivity index (χ0v) is 17.3. The molecule has 1 aliphatic rings. The van der Waals surface area contributed by atoms with Crippen LogP contribution in [-0.4, -0.2) is 55.8 Å². The monoisotopic (exact) mass is 421 g/mol. The van der Waals surface area contributed by atoms with E-state index in [1.165, 1.54) is 5.56 Å². The predicted molar refractivity (Wildman–Crippen MR) is 114 cm³/mol. The molecule has 1 aromatic carbocycles. The van der Waals surface area contributed by atoms with Crippen molar-refractivity contribution in [1.29, 1.82) is 0 Å². The maximum atomic E-state index is 12.4. The first-order chi connectivity index (χ1) is 15.2. The van der Waals surface area contributed by atoms with E-state index < -0.39 is 6.10 Å². The van der Waals surface area contributed by atoms with E-state index in [0.717, 1.165) is 31.4 Å². The number of hydrogen-bond donors (Lipinski definition) is 2. The van der Waals surface area contributed by atoms with Crippen molar-refractivity contribution < 1.29 is 14.6 Å². The number of nitrogens with one attached hydrogen (secondary N) is 1. The molecule has 3 aromatic rings. The van der Waals surface area contributed by atoms with Gasteiger partial charge in [0.1, 0.15) is 11.8 Å². The molecule has 1 saturated heterocycles. The van der Waals surface area contributed by atoms with Crippen LogP contribution in [0.1, 0.15) is 41.0 Å². The van der Waals surface area contributed by atoms with E-state index in [2.05, 4.69) is 32.7 Å². The molecule has 1 aliphatic heterocycles. The molecular weight excluding hydrogens is 394 g/mol. The Morgan fingerprint density at radius 3 is 2.77 bits per heavy atom. The fraction of sp³-hybridized carbons (Fsp3) is 0.391. The molecule has 8 nitrogen and oxygen atoms in total. The summed E-state index contributed by atoms with van der Waals surface area (Å²) in [6.07, 6.45) is 6.19. The van der Waals surface area contributed by atoms with Gasteiger partial charge in [0.05, 0.1) is 24.4 Å². The van der Waals surface area contributed by atoms with Gasteiger partial charge < -0.3 is 15.2 Å². The van der Waals surface area contributed by atoms with Gasteiger partial charge in [0.15, 0.2) is 0 Å². The summed E-state index contributed by atoms with van der Waals surface area (Å²) in [5.74, 6) is -0.250. The fourth-order valence-electron chi connectivity index (χ4n) is 3.86. The number of nitrogens with zero attached hydrogens (tertiary/aromatic N) is 4. The van der Waals surface area contributed by atoms with E-state index in [1.807, 2.05) is 29.1 Å². The summed E-state index contributed by atoms with van der Waals surface area (Å²) in [6.45, 7) is 0.545. The third-order valence-corrected chi connectivity index (χ3v) is 5.50. The molecule has 3 heterocycles. The summed E-state index contributed by atoms with van der Waals surface area (Å²) >= 11 is 0. The Hall–Kier alpha value is -3.10. The highest BCUT2D eigenvalue weighted by atomic mass is 16.5. The number of carbonyl (C=O) groups excluding carboxylic acids is 1. The van der Waals surface area contributed by atoms with Gasteiger partial charge >= 0.3 is 0 Å². The van der Waals surface area contributed by atoms with Crippen molar-refractivity contribution >= 4 is 5.91 Å². The molecular formula is C23H27N5O3. The van der Waals surface area contributed by atoms with Crippen LogP contribution in [0.2, 0.25) is 0 Å². The summed E-state index contributed by atoms with van der Waals surface area (Å²) in [5, 5.41) is 21.2. The zero-order valence-electron chi connectivity index (χ0n) is 17.3. The van der Waals surface area contributed by atoms with Crippen LogP contribution in [0, 0.1) is 0 Å². The Kier molecular flexibility index (Phi) is 7.01. The number of hydrogen-bond acceptors (Lipinski definition) is 6. The lowest BCUT2D eigenvalue weighted by atomic mass is 9.97. The number of aliphatic hydroxyl groups excluding tert-OH is 1. The first kappa shape index (κ1) is 21.1. The van der Waals surface area contributed by atoms with E-state index in [-0.39, 0.29) is 24.7 Å². The maximum Gasteiger partial charge on any atom is 0.270 e. The van der Waals surface area contributed by atoms with Crippen LogP contribution in [-0.2, 0) is 17.7 Å². The number of aryl methyl sites for hydroxylation is 1. The summed E-state index contributed by atoms with van der Waals surface area (Å²) in [5.41, 5.74) is 2.50. The van der Waals surface area contributed by atoms with Gasteiger partial charge in [-0.05, 0) is 37.0 Å². The number of carbonyl (C=O) groups is 1. The average molecular weight is 422 g/mol. The maximum absolute atomic E-state index is 12.4. The number of benzene rings is 1. The van der Waals surface area contributed by atoms with Crippen LogP contribution in [0.4, 0.5) is 0 Å². The lowest BCUT2D eigenvalue weighted by molar-refractivity contribution is -0.0912. The van der Waals surface area contributed by atoms with Gasteiger partial charge in [0.25, 0.3) is 5.91 Å². The van der Waals surface area contributed by atoms with Crippen molar-refractivity contribution in [1.82, 2.24) is 25.3 Å². The minimum atomic E-state index is -0.434. The molecule has 0 unspecified atom stereocenters. The van der Waals surface area contributed by atoms with Gasteiger partial charge in [-0.15, -0.1) is 5.10 Å². The molecule has 0 saturated carbocycles. The second-order valence-electron chi connectivity index (χ2n) is 7.78. The van der Waals surface area contributed by atoms with Crippen LogP contribution >= 0.6 is 0 Å². The number of pyridine rings is 1. The molecule has 8 heteroatoms. The SMILES string of the molecule is O=C(N[C@H]1CC[C@H](CCn2cc(Cc3ccccc3)nn2)O[C@@H]1CO)c1ccccn1. The largest absolute Gasteiger partial charge is 0.394 e. The van der Waals surface area contributed by atoms with Crippen molar-refractivity contribution in [3.05, 3.63) is 77.9 Å². The second kappa shape index (κ2) is 10.3. The highest BCUT2D eigenvalue weighted by Crippen LogP contribution is 2.22. The Labute approximate surface area is 181 Å². The van der Waals surface area contributed by atoms with Crippen molar-refractivity contribution in [2.75, 3.05) is 6.61 Å². The zero-order chi connectivity index (χ0) is 21.5. The quantitative estimate of drug-likeness (QED) is 0.577. The molecule has 3 atom stereocenters. The second-order valence-corrected chi connectivity index (χ2v) is 7.78. The fourth-order valence-corrected chi connectivity index (χ4v) is 3.86. The number of rotatable bonds is 8. The minimum absolute atomic E-state index is 0.00178. The van der Waals surface area contributed by atoms with Crippen molar-refractivity contribution in [3.63, 3.8) is 0 Å². The van der Waals surface area contributed by atoms with Crippen molar-refractivity contribution in [2.24, 2.45) is 0 Å². The average Bonchev–Trinajstić information content (AvgIpc) is 3.26. The number of aliphatic hydroxyl groups is 1. The Morgan fingerprint density at radius 1 is 1.16 bits per heavy atom. The standard InChI is InChI=1S/C23H27N5O3/c29-16-22-20(25-23(30)21-8-4-5-12-24-21)10-9-19(31-22)11-13-28-15-18(26-27-28)14-17-6-2-1-3-7-17/h1-8,12,15,19-20,22,29H,9-11,13-14,16H2,(H,25,30)/t19-,20+,22-/m1/s1. The highest BCUT2D eigenvalue weighted by molar-refractivity contribution is 5.92. The summed E-state index contributed by atoms with van der Waals surface area (Å²) in [6, 6.07) is 15.2. The van der Waals surface area contributed by atoms with Crippen LogP contribution < -0.4 is 5.32 Å². The molecule has 31 heavy (non-hydrogen) atoms.